The topological polar surface area (TPSA) is 80.0 Å². The maximum Gasteiger partial charge on any atom is 0.258 e. The third-order valence-corrected chi connectivity index (χ3v) is 4.10. The van der Waals surface area contributed by atoms with E-state index in [9.17, 15) is 4.79 Å². The van der Waals surface area contributed by atoms with Gasteiger partial charge in [-0.15, -0.1) is 0 Å². The van der Waals surface area contributed by atoms with E-state index in [4.69, 9.17) is 4.52 Å². The number of aryl methyl sites for hydroxylation is 1. The number of hydrogen-bond donors (Lipinski definition) is 2. The first-order chi connectivity index (χ1) is 11.2. The molecule has 122 valence electrons. The van der Waals surface area contributed by atoms with Crippen molar-refractivity contribution in [1.82, 2.24) is 10.1 Å². The maximum atomic E-state index is 12.3. The molecule has 6 nitrogen and oxygen atoms in total. The number of nitrogens with one attached hydrogen (secondary N) is 2. The Labute approximate surface area is 135 Å². The number of carbonyl (C=O) groups is 1. The number of anilines is 2. The van der Waals surface area contributed by atoms with Crippen molar-refractivity contribution >= 4 is 17.4 Å². The fourth-order valence-corrected chi connectivity index (χ4v) is 2.92. The van der Waals surface area contributed by atoms with Crippen LogP contribution in [0.15, 0.2) is 29.0 Å². The molecule has 2 heterocycles. The molecule has 0 spiro atoms. The molecule has 0 bridgehead atoms. The van der Waals surface area contributed by atoms with Gasteiger partial charge >= 0.3 is 0 Å². The standard InChI is InChI=1S/C17H22N4O2/c1-12-8-16(21-23-12)20-17(22)13-9-15(11-18-10-13)19-14-6-4-2-3-5-7-14/h8-11,14,19H,2-7H2,1H3,(H,20,21,22). The van der Waals surface area contributed by atoms with Gasteiger partial charge < -0.3 is 15.2 Å². The molecule has 2 N–H and O–H groups in total. The second-order valence-electron chi connectivity index (χ2n) is 6.07. The smallest absolute Gasteiger partial charge is 0.258 e. The molecular formula is C17H22N4O2. The third kappa shape index (κ3) is 4.31. The molecule has 1 fully saturated rings. The first-order valence-corrected chi connectivity index (χ1v) is 8.17. The largest absolute Gasteiger partial charge is 0.381 e. The van der Waals surface area contributed by atoms with Gasteiger partial charge in [-0.2, -0.15) is 0 Å². The first-order valence-electron chi connectivity index (χ1n) is 8.17. The van der Waals surface area contributed by atoms with Gasteiger partial charge in [0.25, 0.3) is 5.91 Å². The highest BCUT2D eigenvalue weighted by Gasteiger charge is 2.14. The zero-order valence-electron chi connectivity index (χ0n) is 13.3. The van der Waals surface area contributed by atoms with Crippen LogP contribution in [0.1, 0.15) is 54.6 Å². The number of aromatic nitrogens is 2. The minimum atomic E-state index is -0.240. The van der Waals surface area contributed by atoms with E-state index in [0.29, 0.717) is 23.2 Å². The van der Waals surface area contributed by atoms with Crippen LogP contribution in [0.3, 0.4) is 0 Å². The predicted molar refractivity (Wildman–Crippen MR) is 88.5 cm³/mol. The van der Waals surface area contributed by atoms with E-state index in [0.717, 1.165) is 5.69 Å². The molecule has 2 aromatic heterocycles. The van der Waals surface area contributed by atoms with Crippen molar-refractivity contribution in [3.05, 3.63) is 35.9 Å². The van der Waals surface area contributed by atoms with Crippen LogP contribution in [0.25, 0.3) is 0 Å². The fourth-order valence-electron chi connectivity index (χ4n) is 2.92. The molecule has 3 rings (SSSR count). The van der Waals surface area contributed by atoms with E-state index in [1.165, 1.54) is 38.5 Å². The molecule has 2 aromatic rings. The van der Waals surface area contributed by atoms with Gasteiger partial charge in [0, 0.05) is 24.5 Å². The van der Waals surface area contributed by atoms with Crippen LogP contribution in [-0.4, -0.2) is 22.1 Å². The summed E-state index contributed by atoms with van der Waals surface area (Å²) >= 11 is 0. The molecule has 1 amide bonds. The lowest BCUT2D eigenvalue weighted by Crippen LogP contribution is -2.19. The molecule has 0 aliphatic heterocycles. The van der Waals surface area contributed by atoms with Crippen LogP contribution < -0.4 is 10.6 Å². The second-order valence-corrected chi connectivity index (χ2v) is 6.07. The Morgan fingerprint density at radius 3 is 2.65 bits per heavy atom. The van der Waals surface area contributed by atoms with Gasteiger partial charge in [0.2, 0.25) is 0 Å². The Morgan fingerprint density at radius 1 is 1.17 bits per heavy atom. The van der Waals surface area contributed by atoms with Gasteiger partial charge in [0.05, 0.1) is 11.3 Å². The van der Waals surface area contributed by atoms with Crippen LogP contribution in [0.4, 0.5) is 11.5 Å². The Morgan fingerprint density at radius 2 is 1.96 bits per heavy atom. The average molecular weight is 314 g/mol. The summed E-state index contributed by atoms with van der Waals surface area (Å²) in [4.78, 5) is 16.4. The second kappa shape index (κ2) is 7.26. The Hall–Kier alpha value is -2.37. The molecule has 23 heavy (non-hydrogen) atoms. The Balaban J connectivity index is 1.65. The van der Waals surface area contributed by atoms with Crippen molar-refractivity contribution in [3.63, 3.8) is 0 Å². The summed E-state index contributed by atoms with van der Waals surface area (Å²) in [5.74, 6) is 0.826. The zero-order valence-corrected chi connectivity index (χ0v) is 13.3. The molecule has 0 saturated heterocycles. The summed E-state index contributed by atoms with van der Waals surface area (Å²) in [6, 6.07) is 3.98. The van der Waals surface area contributed by atoms with E-state index in [-0.39, 0.29) is 5.91 Å². The lowest BCUT2D eigenvalue weighted by atomic mass is 10.1. The monoisotopic (exact) mass is 314 g/mol. The number of amides is 1. The van der Waals surface area contributed by atoms with E-state index in [1.54, 1.807) is 25.4 Å². The highest BCUT2D eigenvalue weighted by molar-refractivity contribution is 6.04. The summed E-state index contributed by atoms with van der Waals surface area (Å²) in [5.41, 5.74) is 1.39. The quantitative estimate of drug-likeness (QED) is 0.840. The number of pyridine rings is 1. The van der Waals surface area contributed by atoms with E-state index in [2.05, 4.69) is 20.8 Å². The summed E-state index contributed by atoms with van der Waals surface area (Å²) in [6.45, 7) is 1.78. The zero-order chi connectivity index (χ0) is 16.1. The molecule has 0 atom stereocenters. The van der Waals surface area contributed by atoms with E-state index in [1.807, 2.05) is 6.07 Å². The lowest BCUT2D eigenvalue weighted by molar-refractivity contribution is 0.102. The highest BCUT2D eigenvalue weighted by atomic mass is 16.5. The molecule has 0 aromatic carbocycles. The van der Waals surface area contributed by atoms with Crippen LogP contribution >= 0.6 is 0 Å². The van der Waals surface area contributed by atoms with Crippen molar-refractivity contribution in [2.24, 2.45) is 0 Å². The Bertz CT molecular complexity index is 660. The summed E-state index contributed by atoms with van der Waals surface area (Å²) < 4.78 is 4.94. The maximum absolute atomic E-state index is 12.3. The normalized spacial score (nSPS) is 15.9. The number of nitrogens with zero attached hydrogens (tertiary/aromatic N) is 2. The van der Waals surface area contributed by atoms with Gasteiger partial charge in [-0.05, 0) is 25.8 Å². The number of carbonyl (C=O) groups excluding carboxylic acids is 1. The van der Waals surface area contributed by atoms with Crippen LogP contribution in [0, 0.1) is 6.92 Å². The molecule has 1 aliphatic carbocycles. The van der Waals surface area contributed by atoms with E-state index < -0.39 is 0 Å². The predicted octanol–water partition coefficient (Wildman–Crippen LogP) is 3.77. The minimum absolute atomic E-state index is 0.240. The van der Waals surface area contributed by atoms with Gasteiger partial charge in [0.1, 0.15) is 5.76 Å². The van der Waals surface area contributed by atoms with Gasteiger partial charge in [-0.25, -0.2) is 0 Å². The SMILES string of the molecule is Cc1cc(NC(=O)c2cncc(NC3CCCCCC3)c2)no1. The molecular weight excluding hydrogens is 292 g/mol. The lowest BCUT2D eigenvalue weighted by Gasteiger charge is -2.17. The minimum Gasteiger partial charge on any atom is -0.381 e. The molecule has 0 unspecified atom stereocenters. The Kier molecular flexibility index (Phi) is 4.90. The summed E-state index contributed by atoms with van der Waals surface area (Å²) in [5, 5.41) is 9.98. The van der Waals surface area contributed by atoms with Gasteiger partial charge in [0.15, 0.2) is 5.82 Å². The number of hydrogen-bond acceptors (Lipinski definition) is 5. The molecule has 0 radical (unpaired) electrons. The van der Waals surface area contributed by atoms with Crippen molar-refractivity contribution < 1.29 is 9.32 Å². The summed E-state index contributed by atoms with van der Waals surface area (Å²) in [6.07, 6.45) is 10.8. The molecule has 1 aliphatic rings. The van der Waals surface area contributed by atoms with Crippen molar-refractivity contribution in [2.75, 3.05) is 10.6 Å². The summed E-state index contributed by atoms with van der Waals surface area (Å²) in [7, 11) is 0. The van der Waals surface area contributed by atoms with Gasteiger partial charge in [-0.1, -0.05) is 30.8 Å². The fraction of sp³-hybridized carbons (Fsp3) is 0.471. The van der Waals surface area contributed by atoms with Crippen molar-refractivity contribution in [3.8, 4) is 0 Å². The highest BCUT2D eigenvalue weighted by Crippen LogP contribution is 2.21. The molecule has 6 heteroatoms. The van der Waals surface area contributed by atoms with Crippen molar-refractivity contribution in [2.45, 2.75) is 51.5 Å². The van der Waals surface area contributed by atoms with Crippen LogP contribution in [0.5, 0.6) is 0 Å². The molecule has 1 saturated carbocycles. The van der Waals surface area contributed by atoms with E-state index >= 15 is 0 Å². The third-order valence-electron chi connectivity index (χ3n) is 4.10. The van der Waals surface area contributed by atoms with Gasteiger partial charge in [-0.3, -0.25) is 9.78 Å². The van der Waals surface area contributed by atoms with Crippen LogP contribution in [-0.2, 0) is 0 Å². The number of rotatable bonds is 4. The van der Waals surface area contributed by atoms with Crippen molar-refractivity contribution in [1.29, 1.82) is 0 Å². The average Bonchev–Trinajstić information content (AvgIpc) is 2.79. The van der Waals surface area contributed by atoms with Crippen LogP contribution in [0.2, 0.25) is 0 Å². The first kappa shape index (κ1) is 15.5.